The van der Waals surface area contributed by atoms with Gasteiger partial charge in [0, 0.05) is 41.4 Å². The van der Waals surface area contributed by atoms with Crippen molar-refractivity contribution in [2.45, 2.75) is 63.3 Å². The smallest absolute Gasteiger partial charge is 0.251 e. The maximum atomic E-state index is 14.1. The van der Waals surface area contributed by atoms with Crippen molar-refractivity contribution < 1.29 is 23.1 Å². The normalized spacial score (nSPS) is 14.3. The fourth-order valence-corrected chi connectivity index (χ4v) is 5.78. The second-order valence-electron chi connectivity index (χ2n) is 12.2. The molecule has 0 spiro atoms. The third-order valence-corrected chi connectivity index (χ3v) is 8.42. The van der Waals surface area contributed by atoms with E-state index in [-0.39, 0.29) is 43.3 Å². The number of oxazole rings is 1. The van der Waals surface area contributed by atoms with Gasteiger partial charge in [-0.15, -0.1) is 31.2 Å². The largest absolute Gasteiger partial charge is 0.445 e. The molecule has 0 unspecified atom stereocenters. The SMILES string of the molecule is C#Cc1cccc(C2(NC[C@@H](O)[C@H](Cc3cc(F)cc(F)c3)NC(=O)c3cc(CN(C)CCCC)cc(-c4ncco4)c3)CC2)c1.Cl.Cl. The highest BCUT2D eigenvalue weighted by Crippen LogP contribution is 2.45. The average molecular weight is 700 g/mol. The van der Waals surface area contributed by atoms with Crippen LogP contribution in [0.25, 0.3) is 11.5 Å². The molecule has 1 heterocycles. The number of hydrogen-bond acceptors (Lipinski definition) is 6. The molecule has 0 radical (unpaired) electrons. The lowest BCUT2D eigenvalue weighted by Crippen LogP contribution is -2.50. The zero-order valence-electron chi connectivity index (χ0n) is 27.0. The number of amides is 1. The first-order valence-corrected chi connectivity index (χ1v) is 15.7. The Labute approximate surface area is 293 Å². The number of benzene rings is 3. The molecule has 1 fully saturated rings. The summed E-state index contributed by atoms with van der Waals surface area (Å²) in [6, 6.07) is 15.5. The molecule has 48 heavy (non-hydrogen) atoms. The van der Waals surface area contributed by atoms with Crippen LogP contribution in [0.1, 0.15) is 65.2 Å². The van der Waals surface area contributed by atoms with Gasteiger partial charge in [0.1, 0.15) is 17.9 Å². The number of nitrogens with one attached hydrogen (secondary N) is 2. The van der Waals surface area contributed by atoms with Gasteiger partial charge in [-0.1, -0.05) is 31.4 Å². The van der Waals surface area contributed by atoms with Gasteiger partial charge < -0.3 is 25.1 Å². The van der Waals surface area contributed by atoms with E-state index in [4.69, 9.17) is 10.8 Å². The number of terminal acetylenes is 1. The van der Waals surface area contributed by atoms with E-state index in [0.29, 0.717) is 29.1 Å². The Bertz CT molecular complexity index is 1670. The highest BCUT2D eigenvalue weighted by Gasteiger charge is 2.44. The van der Waals surface area contributed by atoms with Crippen molar-refractivity contribution in [1.29, 1.82) is 0 Å². The molecule has 0 aliphatic heterocycles. The molecule has 1 saturated carbocycles. The predicted octanol–water partition coefficient (Wildman–Crippen LogP) is 6.66. The molecule has 7 nitrogen and oxygen atoms in total. The van der Waals surface area contributed by atoms with Crippen molar-refractivity contribution in [2.75, 3.05) is 20.1 Å². The second-order valence-corrected chi connectivity index (χ2v) is 12.2. The van der Waals surface area contributed by atoms with Crippen molar-refractivity contribution in [1.82, 2.24) is 20.5 Å². The summed E-state index contributed by atoms with van der Waals surface area (Å²) in [5.41, 5.74) is 3.68. The fourth-order valence-electron chi connectivity index (χ4n) is 5.78. The lowest BCUT2D eigenvalue weighted by molar-refractivity contribution is 0.0822. The van der Waals surface area contributed by atoms with E-state index in [1.807, 2.05) is 43.4 Å². The Morgan fingerprint density at radius 1 is 1.10 bits per heavy atom. The fraction of sp³-hybridized carbons (Fsp3) is 0.351. The van der Waals surface area contributed by atoms with Crippen molar-refractivity contribution in [3.63, 3.8) is 0 Å². The van der Waals surface area contributed by atoms with Gasteiger partial charge in [0.2, 0.25) is 5.89 Å². The number of carbonyl (C=O) groups excluding carboxylic acids is 1. The third-order valence-electron chi connectivity index (χ3n) is 8.42. The summed E-state index contributed by atoms with van der Waals surface area (Å²) in [7, 11) is 2.03. The minimum Gasteiger partial charge on any atom is -0.445 e. The van der Waals surface area contributed by atoms with Crippen LogP contribution in [0.4, 0.5) is 8.78 Å². The number of carbonyl (C=O) groups is 1. The number of aliphatic hydroxyl groups is 1. The first kappa shape index (κ1) is 38.7. The van der Waals surface area contributed by atoms with E-state index in [0.717, 1.165) is 55.0 Å². The Kier molecular flexibility index (Phi) is 14.2. The van der Waals surface area contributed by atoms with Crippen molar-refractivity contribution in [3.8, 4) is 23.8 Å². The van der Waals surface area contributed by atoms with Gasteiger partial charge in [-0.25, -0.2) is 13.8 Å². The third kappa shape index (κ3) is 10.1. The highest BCUT2D eigenvalue weighted by atomic mass is 35.5. The van der Waals surface area contributed by atoms with Crippen molar-refractivity contribution in [2.24, 2.45) is 0 Å². The Hall–Kier alpha value is -3.78. The highest BCUT2D eigenvalue weighted by molar-refractivity contribution is 5.95. The van der Waals surface area contributed by atoms with Gasteiger partial charge in [0.05, 0.1) is 18.3 Å². The summed E-state index contributed by atoms with van der Waals surface area (Å²) in [6.45, 7) is 3.78. The van der Waals surface area contributed by atoms with E-state index in [2.05, 4.69) is 33.4 Å². The Morgan fingerprint density at radius 3 is 2.50 bits per heavy atom. The molecular formula is C37H42Cl2F2N4O3. The number of hydrogen-bond donors (Lipinski definition) is 3. The molecule has 0 saturated heterocycles. The number of aromatic nitrogens is 1. The van der Waals surface area contributed by atoms with Gasteiger partial charge in [0.15, 0.2) is 0 Å². The summed E-state index contributed by atoms with van der Waals surface area (Å²) < 4.78 is 33.8. The van der Waals surface area contributed by atoms with Crippen LogP contribution >= 0.6 is 24.8 Å². The molecule has 1 aliphatic rings. The first-order valence-electron chi connectivity index (χ1n) is 15.7. The molecule has 1 aromatic heterocycles. The van der Waals surface area contributed by atoms with E-state index in [1.54, 1.807) is 12.3 Å². The van der Waals surface area contributed by atoms with Crippen LogP contribution in [-0.4, -0.2) is 53.2 Å². The molecule has 11 heteroatoms. The minimum atomic E-state index is -1.09. The standard InChI is InChI=1S/C37H40F2N4O3.2ClH/c1-4-6-13-43(3)24-27-15-28(21-29(16-27)36-40-12-14-46-36)35(45)42-33(20-26-18-31(38)22-32(39)19-26)34(44)23-41-37(10-11-37)30-9-7-8-25(5-2)17-30;;/h2,7-9,12,14-19,21-22,33-34,41,44H,4,6,10-11,13,20,23-24H2,1,3H3,(H,42,45);2*1H/t33-,34+;;/m0../s1. The molecule has 2 atom stereocenters. The van der Waals surface area contributed by atoms with Gasteiger partial charge >= 0.3 is 0 Å². The van der Waals surface area contributed by atoms with E-state index < -0.39 is 29.7 Å². The van der Waals surface area contributed by atoms with Crippen LogP contribution in [0.5, 0.6) is 0 Å². The lowest BCUT2D eigenvalue weighted by atomic mass is 9.98. The van der Waals surface area contributed by atoms with Crippen molar-refractivity contribution in [3.05, 3.63) is 113 Å². The number of aliphatic hydroxyl groups excluding tert-OH is 1. The minimum absolute atomic E-state index is 0. The van der Waals surface area contributed by atoms with Gasteiger partial charge in [-0.05, 0) is 98.4 Å². The van der Waals surface area contributed by atoms with Gasteiger partial charge in [-0.3, -0.25) is 4.79 Å². The zero-order chi connectivity index (χ0) is 32.7. The second kappa shape index (κ2) is 17.6. The molecule has 4 aromatic rings. The van der Waals surface area contributed by atoms with Crippen LogP contribution in [0.15, 0.2) is 77.5 Å². The van der Waals surface area contributed by atoms with Crippen LogP contribution < -0.4 is 10.6 Å². The molecule has 3 aromatic carbocycles. The first-order chi connectivity index (χ1) is 22.2. The Balaban J connectivity index is 0.00000312. The van der Waals surface area contributed by atoms with Crippen LogP contribution in [0.2, 0.25) is 0 Å². The lowest BCUT2D eigenvalue weighted by Gasteiger charge is -2.27. The maximum Gasteiger partial charge on any atom is 0.251 e. The zero-order valence-corrected chi connectivity index (χ0v) is 28.7. The topological polar surface area (TPSA) is 90.6 Å². The van der Waals surface area contributed by atoms with Crippen LogP contribution in [0, 0.1) is 24.0 Å². The average Bonchev–Trinajstić information content (AvgIpc) is 3.63. The summed E-state index contributed by atoms with van der Waals surface area (Å²) >= 11 is 0. The number of nitrogens with zero attached hydrogens (tertiary/aromatic N) is 2. The molecule has 1 aliphatic carbocycles. The van der Waals surface area contributed by atoms with Crippen molar-refractivity contribution >= 4 is 30.7 Å². The van der Waals surface area contributed by atoms with Gasteiger partial charge in [0.25, 0.3) is 5.91 Å². The number of unbranched alkanes of at least 4 members (excludes halogenated alkanes) is 1. The van der Waals surface area contributed by atoms with Gasteiger partial charge in [-0.2, -0.15) is 0 Å². The summed E-state index contributed by atoms with van der Waals surface area (Å²) in [4.78, 5) is 20.3. The summed E-state index contributed by atoms with van der Waals surface area (Å²) in [5.74, 6) is 1.15. The monoisotopic (exact) mass is 698 g/mol. The summed E-state index contributed by atoms with van der Waals surface area (Å²) in [6.07, 6.45) is 11.4. The molecular weight excluding hydrogens is 657 g/mol. The van der Waals surface area contributed by atoms with Crippen LogP contribution in [0.3, 0.4) is 0 Å². The van der Waals surface area contributed by atoms with E-state index in [1.165, 1.54) is 18.4 Å². The quantitative estimate of drug-likeness (QED) is 0.120. The molecule has 3 N–H and O–H groups in total. The predicted molar refractivity (Wildman–Crippen MR) is 188 cm³/mol. The molecule has 5 rings (SSSR count). The summed E-state index contributed by atoms with van der Waals surface area (Å²) in [5, 5.41) is 17.9. The van der Waals surface area contributed by atoms with E-state index >= 15 is 0 Å². The number of halogens is 4. The van der Waals surface area contributed by atoms with Crippen LogP contribution in [-0.2, 0) is 18.5 Å². The molecule has 256 valence electrons. The van der Waals surface area contributed by atoms with E-state index in [9.17, 15) is 18.7 Å². The Morgan fingerprint density at radius 2 is 1.85 bits per heavy atom. The number of rotatable bonds is 15. The maximum absolute atomic E-state index is 14.1. The molecule has 1 amide bonds. The molecule has 0 bridgehead atoms.